The highest BCUT2D eigenvalue weighted by Crippen LogP contribution is 2.15. The van der Waals surface area contributed by atoms with E-state index in [0.717, 1.165) is 22.9 Å². The lowest BCUT2D eigenvalue weighted by molar-refractivity contribution is 0.0797. The van der Waals surface area contributed by atoms with Gasteiger partial charge >= 0.3 is 0 Å². The molecule has 1 amide bonds. The number of likely N-dealkylation sites (N-methyl/N-ethyl adjacent to an activating group) is 1. The second-order valence-corrected chi connectivity index (χ2v) is 5.24. The molecule has 3 aromatic rings. The summed E-state index contributed by atoms with van der Waals surface area (Å²) in [6, 6.07) is 18.0. The Morgan fingerprint density at radius 2 is 1.90 bits per heavy atom. The molecule has 0 atom stereocenters. The molecule has 0 aliphatic rings. The molecule has 21 heavy (non-hydrogen) atoms. The van der Waals surface area contributed by atoms with Crippen molar-refractivity contribution in [3.05, 3.63) is 71.9 Å². The standard InChI is InChI=1S/C18H18N2O/c1-20(12-10-14-5-3-2-4-6-14)18(21)16-7-8-17-15(13-16)9-11-19-17/h2-9,11,13,19H,10,12H2,1H3. The zero-order valence-corrected chi connectivity index (χ0v) is 12.0. The number of fused-ring (bicyclic) bond motifs is 1. The summed E-state index contributed by atoms with van der Waals surface area (Å²) in [4.78, 5) is 17.4. The topological polar surface area (TPSA) is 36.1 Å². The number of hydrogen-bond donors (Lipinski definition) is 1. The van der Waals surface area contributed by atoms with E-state index in [1.807, 2.05) is 55.7 Å². The van der Waals surface area contributed by atoms with Crippen molar-refractivity contribution in [2.45, 2.75) is 6.42 Å². The van der Waals surface area contributed by atoms with Gasteiger partial charge in [0.25, 0.3) is 5.91 Å². The average molecular weight is 278 g/mol. The summed E-state index contributed by atoms with van der Waals surface area (Å²) in [6.45, 7) is 0.716. The molecule has 0 spiro atoms. The molecule has 3 rings (SSSR count). The minimum absolute atomic E-state index is 0.0639. The molecular weight excluding hydrogens is 260 g/mol. The van der Waals surface area contributed by atoms with E-state index in [1.54, 1.807) is 4.90 Å². The second kappa shape index (κ2) is 5.83. The van der Waals surface area contributed by atoms with Crippen LogP contribution < -0.4 is 0 Å². The van der Waals surface area contributed by atoms with Gasteiger partial charge in [0.15, 0.2) is 0 Å². The van der Waals surface area contributed by atoms with Gasteiger partial charge in [0.2, 0.25) is 0 Å². The summed E-state index contributed by atoms with van der Waals surface area (Å²) in [6.07, 6.45) is 2.76. The number of rotatable bonds is 4. The van der Waals surface area contributed by atoms with E-state index in [9.17, 15) is 4.79 Å². The molecule has 0 aliphatic heterocycles. The first kappa shape index (κ1) is 13.4. The predicted octanol–water partition coefficient (Wildman–Crippen LogP) is 3.48. The van der Waals surface area contributed by atoms with Crippen molar-refractivity contribution < 1.29 is 4.79 Å². The molecule has 0 saturated heterocycles. The van der Waals surface area contributed by atoms with E-state index < -0.39 is 0 Å². The van der Waals surface area contributed by atoms with Crippen molar-refractivity contribution >= 4 is 16.8 Å². The number of nitrogens with zero attached hydrogens (tertiary/aromatic N) is 1. The summed E-state index contributed by atoms with van der Waals surface area (Å²) in [5.41, 5.74) is 3.04. The van der Waals surface area contributed by atoms with Gasteiger partial charge < -0.3 is 9.88 Å². The van der Waals surface area contributed by atoms with Crippen molar-refractivity contribution in [1.29, 1.82) is 0 Å². The maximum absolute atomic E-state index is 12.4. The summed E-state index contributed by atoms with van der Waals surface area (Å²) in [5.74, 6) is 0.0639. The quantitative estimate of drug-likeness (QED) is 0.779. The summed E-state index contributed by atoms with van der Waals surface area (Å²) in [5, 5.41) is 1.07. The Bertz CT molecular complexity index is 746. The number of carbonyl (C=O) groups is 1. The lowest BCUT2D eigenvalue weighted by Gasteiger charge is -2.17. The van der Waals surface area contributed by atoms with Gasteiger partial charge in [0.1, 0.15) is 0 Å². The van der Waals surface area contributed by atoms with Crippen molar-refractivity contribution in [3.63, 3.8) is 0 Å². The smallest absolute Gasteiger partial charge is 0.253 e. The molecule has 106 valence electrons. The van der Waals surface area contributed by atoms with Crippen LogP contribution in [0.3, 0.4) is 0 Å². The molecule has 0 unspecified atom stereocenters. The third kappa shape index (κ3) is 2.97. The summed E-state index contributed by atoms with van der Waals surface area (Å²) < 4.78 is 0. The molecule has 0 fully saturated rings. The fourth-order valence-electron chi connectivity index (χ4n) is 2.45. The van der Waals surface area contributed by atoms with Gasteiger partial charge in [-0.15, -0.1) is 0 Å². The zero-order valence-electron chi connectivity index (χ0n) is 12.0. The van der Waals surface area contributed by atoms with Crippen LogP contribution in [0, 0.1) is 0 Å². The van der Waals surface area contributed by atoms with E-state index in [2.05, 4.69) is 17.1 Å². The Morgan fingerprint density at radius 1 is 1.10 bits per heavy atom. The maximum atomic E-state index is 12.4. The highest BCUT2D eigenvalue weighted by Gasteiger charge is 2.12. The van der Waals surface area contributed by atoms with Gasteiger partial charge in [-0.25, -0.2) is 0 Å². The van der Waals surface area contributed by atoms with Crippen LogP contribution in [0.4, 0.5) is 0 Å². The van der Waals surface area contributed by atoms with E-state index in [-0.39, 0.29) is 5.91 Å². The SMILES string of the molecule is CN(CCc1ccccc1)C(=O)c1ccc2[nH]ccc2c1. The molecule has 1 heterocycles. The Kier molecular flexibility index (Phi) is 3.73. The van der Waals surface area contributed by atoms with Crippen molar-refractivity contribution in [2.75, 3.05) is 13.6 Å². The van der Waals surface area contributed by atoms with Crippen LogP contribution in [0.2, 0.25) is 0 Å². The molecule has 0 saturated carbocycles. The van der Waals surface area contributed by atoms with Crippen molar-refractivity contribution in [1.82, 2.24) is 9.88 Å². The van der Waals surface area contributed by atoms with Gasteiger partial charge in [-0.2, -0.15) is 0 Å². The van der Waals surface area contributed by atoms with E-state index in [0.29, 0.717) is 6.54 Å². The number of aromatic amines is 1. The van der Waals surface area contributed by atoms with Gasteiger partial charge in [-0.1, -0.05) is 30.3 Å². The zero-order chi connectivity index (χ0) is 14.7. The number of amides is 1. The maximum Gasteiger partial charge on any atom is 0.253 e. The van der Waals surface area contributed by atoms with Gasteiger partial charge in [-0.3, -0.25) is 4.79 Å². The molecule has 3 nitrogen and oxygen atoms in total. The van der Waals surface area contributed by atoms with E-state index in [1.165, 1.54) is 5.56 Å². The lowest BCUT2D eigenvalue weighted by Crippen LogP contribution is -2.28. The molecular formula is C18H18N2O. The molecule has 1 aromatic heterocycles. The lowest BCUT2D eigenvalue weighted by atomic mass is 10.1. The number of carbonyl (C=O) groups excluding carboxylic acids is 1. The van der Waals surface area contributed by atoms with Gasteiger partial charge in [-0.05, 0) is 36.2 Å². The van der Waals surface area contributed by atoms with Crippen molar-refractivity contribution in [2.24, 2.45) is 0 Å². The van der Waals surface area contributed by atoms with Crippen LogP contribution >= 0.6 is 0 Å². The van der Waals surface area contributed by atoms with Crippen LogP contribution in [-0.2, 0) is 6.42 Å². The van der Waals surface area contributed by atoms with Crippen LogP contribution in [0.15, 0.2) is 60.8 Å². The molecule has 1 N–H and O–H groups in total. The van der Waals surface area contributed by atoms with Crippen LogP contribution in [0.25, 0.3) is 10.9 Å². The first-order valence-electron chi connectivity index (χ1n) is 7.10. The minimum atomic E-state index is 0.0639. The summed E-state index contributed by atoms with van der Waals surface area (Å²) >= 11 is 0. The van der Waals surface area contributed by atoms with Gasteiger partial charge in [0, 0.05) is 36.3 Å². The number of nitrogens with one attached hydrogen (secondary N) is 1. The molecule has 3 heteroatoms. The first-order chi connectivity index (χ1) is 10.2. The second-order valence-electron chi connectivity index (χ2n) is 5.24. The number of H-pyrrole nitrogens is 1. The average Bonchev–Trinajstić information content (AvgIpc) is 3.00. The van der Waals surface area contributed by atoms with Crippen LogP contribution in [0.1, 0.15) is 15.9 Å². The molecule has 0 radical (unpaired) electrons. The van der Waals surface area contributed by atoms with Crippen LogP contribution in [0.5, 0.6) is 0 Å². The highest BCUT2D eigenvalue weighted by atomic mass is 16.2. The molecule has 0 aliphatic carbocycles. The first-order valence-corrected chi connectivity index (χ1v) is 7.10. The number of hydrogen-bond acceptors (Lipinski definition) is 1. The normalized spacial score (nSPS) is 10.7. The largest absolute Gasteiger partial charge is 0.361 e. The Labute approximate surface area is 124 Å². The van der Waals surface area contributed by atoms with Crippen molar-refractivity contribution in [3.8, 4) is 0 Å². The Morgan fingerprint density at radius 3 is 2.71 bits per heavy atom. The third-order valence-corrected chi connectivity index (χ3v) is 3.73. The monoisotopic (exact) mass is 278 g/mol. The fourth-order valence-corrected chi connectivity index (χ4v) is 2.45. The van der Waals surface area contributed by atoms with Gasteiger partial charge in [0.05, 0.1) is 0 Å². The molecule has 2 aromatic carbocycles. The highest BCUT2D eigenvalue weighted by molar-refractivity contribution is 5.97. The van der Waals surface area contributed by atoms with E-state index >= 15 is 0 Å². The number of aromatic nitrogens is 1. The summed E-state index contributed by atoms with van der Waals surface area (Å²) in [7, 11) is 1.85. The third-order valence-electron chi connectivity index (χ3n) is 3.73. The fraction of sp³-hybridized carbons (Fsp3) is 0.167. The Hall–Kier alpha value is -2.55. The Balaban J connectivity index is 1.69. The van der Waals surface area contributed by atoms with Crippen LogP contribution in [-0.4, -0.2) is 29.4 Å². The number of benzene rings is 2. The molecule has 0 bridgehead atoms. The van der Waals surface area contributed by atoms with E-state index in [4.69, 9.17) is 0 Å². The minimum Gasteiger partial charge on any atom is -0.361 e. The predicted molar refractivity (Wildman–Crippen MR) is 85.4 cm³/mol.